The van der Waals surface area contributed by atoms with Crippen LogP contribution in [0.15, 0.2) is 61.4 Å². The fourth-order valence-corrected chi connectivity index (χ4v) is 4.37. The van der Waals surface area contributed by atoms with E-state index in [1.807, 2.05) is 6.92 Å². The highest BCUT2D eigenvalue weighted by Crippen LogP contribution is 2.32. The number of furan rings is 1. The molecule has 1 aliphatic heterocycles. The van der Waals surface area contributed by atoms with Crippen LogP contribution in [0.3, 0.4) is 0 Å². The Morgan fingerprint density at radius 3 is 2.59 bits per heavy atom. The second-order valence-electron chi connectivity index (χ2n) is 6.83. The molecule has 0 amide bonds. The maximum atomic E-state index is 13.2. The van der Waals surface area contributed by atoms with Crippen LogP contribution in [0, 0.1) is 6.92 Å². The highest BCUT2D eigenvalue weighted by Gasteiger charge is 2.29. The summed E-state index contributed by atoms with van der Waals surface area (Å²) in [6, 6.07) is 10.0. The number of aromatic nitrogens is 1. The first-order valence-corrected chi connectivity index (χ1v) is 10.9. The lowest BCUT2D eigenvalue weighted by molar-refractivity contribution is 0.0398. The Balaban J connectivity index is 1.61. The Kier molecular flexibility index (Phi) is 5.70. The van der Waals surface area contributed by atoms with Gasteiger partial charge in [0.15, 0.2) is 5.76 Å². The van der Waals surface area contributed by atoms with Crippen LogP contribution >= 0.6 is 0 Å². The van der Waals surface area contributed by atoms with E-state index in [0.717, 1.165) is 25.2 Å². The molecule has 1 fully saturated rings. The molecular weight excluding hydrogens is 394 g/mol. The second kappa shape index (κ2) is 8.40. The number of nitrogens with zero attached hydrogens (tertiary/aromatic N) is 2. The summed E-state index contributed by atoms with van der Waals surface area (Å²) < 4.78 is 42.8. The molecule has 3 heterocycles. The summed E-state index contributed by atoms with van der Waals surface area (Å²) in [5.74, 6) is 0.603. The van der Waals surface area contributed by atoms with E-state index in [2.05, 4.69) is 15.2 Å². The van der Waals surface area contributed by atoms with Gasteiger partial charge in [0.2, 0.25) is 20.7 Å². The Bertz CT molecular complexity index is 1040. The van der Waals surface area contributed by atoms with Gasteiger partial charge in [-0.2, -0.15) is 4.98 Å². The third-order valence-corrected chi connectivity index (χ3v) is 6.41. The molecule has 154 valence electrons. The molecule has 29 heavy (non-hydrogen) atoms. The minimum Gasteiger partial charge on any atom is -0.459 e. The molecule has 0 radical (unpaired) electrons. The fourth-order valence-electron chi connectivity index (χ4n) is 3.09. The molecule has 4 rings (SSSR count). The van der Waals surface area contributed by atoms with Crippen LogP contribution in [0.2, 0.25) is 0 Å². The van der Waals surface area contributed by atoms with Gasteiger partial charge >= 0.3 is 0 Å². The lowest BCUT2D eigenvalue weighted by Crippen LogP contribution is -2.39. The molecule has 3 aromatic rings. The molecule has 1 aromatic carbocycles. The maximum absolute atomic E-state index is 13.2. The first-order chi connectivity index (χ1) is 14.0. The van der Waals surface area contributed by atoms with Crippen LogP contribution in [-0.2, 0) is 14.6 Å². The molecule has 1 N–H and O–H groups in total. The molecule has 0 saturated carbocycles. The lowest BCUT2D eigenvalue weighted by atomic mass is 10.2. The summed E-state index contributed by atoms with van der Waals surface area (Å²) in [6.07, 6.45) is 1.49. The van der Waals surface area contributed by atoms with E-state index in [4.69, 9.17) is 13.6 Å². The Labute approximate surface area is 169 Å². The van der Waals surface area contributed by atoms with Gasteiger partial charge in [-0.25, -0.2) is 8.42 Å². The molecule has 0 aliphatic carbocycles. The average molecular weight is 417 g/mol. The van der Waals surface area contributed by atoms with Crippen LogP contribution < -0.4 is 5.32 Å². The number of benzene rings is 1. The monoisotopic (exact) mass is 417 g/mol. The quantitative estimate of drug-likeness (QED) is 0.627. The van der Waals surface area contributed by atoms with Gasteiger partial charge in [0.05, 0.1) is 24.4 Å². The standard InChI is InChI=1S/C20H23N3O5S/c1-15-4-6-16(7-5-15)29(24,25)20-19(21-8-9-23-10-13-26-14-11-23)28-18(22-20)17-3-2-12-27-17/h2-7,12,21H,8-11,13-14H2,1H3. The summed E-state index contributed by atoms with van der Waals surface area (Å²) in [5.41, 5.74) is 0.976. The van der Waals surface area contributed by atoms with Crippen molar-refractivity contribution < 1.29 is 22.0 Å². The van der Waals surface area contributed by atoms with Gasteiger partial charge in [0.25, 0.3) is 5.89 Å². The maximum Gasteiger partial charge on any atom is 0.266 e. The molecule has 0 unspecified atom stereocenters. The van der Waals surface area contributed by atoms with Gasteiger partial charge in [-0.05, 0) is 31.2 Å². The molecule has 2 aromatic heterocycles. The van der Waals surface area contributed by atoms with E-state index in [1.54, 1.807) is 36.4 Å². The SMILES string of the molecule is Cc1ccc(S(=O)(=O)c2nc(-c3ccco3)oc2NCCN2CCOCC2)cc1. The van der Waals surface area contributed by atoms with Crippen molar-refractivity contribution in [2.24, 2.45) is 0 Å². The van der Waals surface area contributed by atoms with Gasteiger partial charge in [-0.15, -0.1) is 0 Å². The number of aryl methyl sites for hydroxylation is 1. The van der Waals surface area contributed by atoms with Crippen LogP contribution in [0.25, 0.3) is 11.7 Å². The van der Waals surface area contributed by atoms with Crippen molar-refractivity contribution in [3.05, 3.63) is 48.2 Å². The average Bonchev–Trinajstić information content (AvgIpc) is 3.39. The van der Waals surface area contributed by atoms with E-state index in [9.17, 15) is 8.42 Å². The molecule has 0 spiro atoms. The van der Waals surface area contributed by atoms with Crippen molar-refractivity contribution in [3.8, 4) is 11.7 Å². The summed E-state index contributed by atoms with van der Waals surface area (Å²) in [6.45, 7) is 6.28. The molecule has 0 atom stereocenters. The number of oxazole rings is 1. The predicted molar refractivity (Wildman–Crippen MR) is 107 cm³/mol. The number of rotatable bonds is 7. The predicted octanol–water partition coefficient (Wildman–Crippen LogP) is 2.82. The van der Waals surface area contributed by atoms with Gasteiger partial charge in [-0.1, -0.05) is 17.7 Å². The third kappa shape index (κ3) is 4.36. The van der Waals surface area contributed by atoms with Gasteiger partial charge in [-0.3, -0.25) is 4.90 Å². The van der Waals surface area contributed by atoms with E-state index >= 15 is 0 Å². The number of sulfone groups is 1. The smallest absolute Gasteiger partial charge is 0.266 e. The zero-order chi connectivity index (χ0) is 20.3. The van der Waals surface area contributed by atoms with Crippen LogP contribution in [0.5, 0.6) is 0 Å². The Hall–Kier alpha value is -2.62. The minimum atomic E-state index is -3.85. The van der Waals surface area contributed by atoms with Gasteiger partial charge < -0.3 is 18.9 Å². The summed E-state index contributed by atoms with van der Waals surface area (Å²) in [4.78, 5) is 6.65. The summed E-state index contributed by atoms with van der Waals surface area (Å²) in [5, 5.41) is 2.95. The summed E-state index contributed by atoms with van der Waals surface area (Å²) in [7, 11) is -3.85. The Morgan fingerprint density at radius 1 is 1.14 bits per heavy atom. The molecule has 9 heteroatoms. The van der Waals surface area contributed by atoms with Gasteiger partial charge in [0.1, 0.15) is 0 Å². The number of nitrogens with one attached hydrogen (secondary N) is 1. The normalized spacial score (nSPS) is 15.5. The first kappa shape index (κ1) is 19.7. The number of hydrogen-bond donors (Lipinski definition) is 1. The van der Waals surface area contributed by atoms with Crippen molar-refractivity contribution >= 4 is 15.7 Å². The van der Waals surface area contributed by atoms with E-state index in [1.165, 1.54) is 6.26 Å². The van der Waals surface area contributed by atoms with Crippen molar-refractivity contribution in [3.63, 3.8) is 0 Å². The van der Waals surface area contributed by atoms with E-state index in [0.29, 0.717) is 25.5 Å². The topological polar surface area (TPSA) is 97.8 Å². The van der Waals surface area contributed by atoms with E-state index in [-0.39, 0.29) is 21.7 Å². The fraction of sp³-hybridized carbons (Fsp3) is 0.350. The first-order valence-electron chi connectivity index (χ1n) is 9.44. The van der Waals surface area contributed by atoms with Crippen molar-refractivity contribution in [2.45, 2.75) is 16.8 Å². The number of anilines is 1. The number of morpholine rings is 1. The van der Waals surface area contributed by atoms with E-state index < -0.39 is 9.84 Å². The number of hydrogen-bond acceptors (Lipinski definition) is 8. The molecule has 1 aliphatic rings. The molecule has 0 bridgehead atoms. The Morgan fingerprint density at radius 2 is 1.90 bits per heavy atom. The highest BCUT2D eigenvalue weighted by atomic mass is 32.2. The zero-order valence-corrected chi connectivity index (χ0v) is 16.9. The van der Waals surface area contributed by atoms with Crippen LogP contribution in [0.1, 0.15) is 5.56 Å². The molecule has 1 saturated heterocycles. The van der Waals surface area contributed by atoms with Gasteiger partial charge in [0, 0.05) is 26.2 Å². The summed E-state index contributed by atoms with van der Waals surface area (Å²) >= 11 is 0. The minimum absolute atomic E-state index is 0.116. The van der Waals surface area contributed by atoms with Crippen LogP contribution in [-0.4, -0.2) is 57.7 Å². The van der Waals surface area contributed by atoms with Crippen molar-refractivity contribution in [1.82, 2.24) is 9.88 Å². The van der Waals surface area contributed by atoms with Crippen LogP contribution in [0.4, 0.5) is 5.88 Å². The zero-order valence-electron chi connectivity index (χ0n) is 16.1. The molecular formula is C20H23N3O5S. The second-order valence-corrected chi connectivity index (χ2v) is 8.69. The highest BCUT2D eigenvalue weighted by molar-refractivity contribution is 7.91. The molecule has 8 nitrogen and oxygen atoms in total. The number of ether oxygens (including phenoxy) is 1. The third-order valence-electron chi connectivity index (χ3n) is 4.73. The lowest BCUT2D eigenvalue weighted by Gasteiger charge is -2.26. The van der Waals surface area contributed by atoms with Crippen molar-refractivity contribution in [1.29, 1.82) is 0 Å². The largest absolute Gasteiger partial charge is 0.459 e. The van der Waals surface area contributed by atoms with Crippen molar-refractivity contribution in [2.75, 3.05) is 44.7 Å².